The number of ether oxygens (including phenoxy) is 1. The van der Waals surface area contributed by atoms with Crippen LogP contribution in [0.15, 0.2) is 29.4 Å². The highest BCUT2D eigenvalue weighted by atomic mass is 32.2. The molecular formula is C27H40F2N6O3S2. The van der Waals surface area contributed by atoms with Crippen LogP contribution in [0.4, 0.5) is 14.6 Å². The highest BCUT2D eigenvalue weighted by molar-refractivity contribution is 7.98. The summed E-state index contributed by atoms with van der Waals surface area (Å²) in [5, 5.41) is 3.89. The molecule has 1 aromatic carbocycles. The Balaban J connectivity index is 1.43. The van der Waals surface area contributed by atoms with E-state index in [9.17, 15) is 17.2 Å². The van der Waals surface area contributed by atoms with Crippen molar-refractivity contribution in [2.75, 3.05) is 38.0 Å². The first kappa shape index (κ1) is 30.9. The van der Waals surface area contributed by atoms with Gasteiger partial charge < -0.3 is 10.1 Å². The van der Waals surface area contributed by atoms with Crippen LogP contribution in [0.3, 0.4) is 0 Å². The zero-order valence-electron chi connectivity index (χ0n) is 23.6. The standard InChI is InChI=1S/C27H40F2N6O3S2/c1-5-22-27(6-2,7-3)35(16-13-30-22)20-11-14-34(15-12-20)40(36,37)33-23-17-24(38-4)32-26(31-23)39-18-19-9-8-10-21(28)25(19)29/h8-10,17,20,22,30H,5-7,11-16,18H2,1-4H3,(H,31,32,33). The number of nitrogens with one attached hydrogen (secondary N) is 2. The molecule has 2 aliphatic heterocycles. The Morgan fingerprint density at radius 2 is 1.88 bits per heavy atom. The molecule has 1 aromatic heterocycles. The van der Waals surface area contributed by atoms with Gasteiger partial charge >= 0.3 is 10.2 Å². The first-order valence-electron chi connectivity index (χ1n) is 13.9. The van der Waals surface area contributed by atoms with Crippen molar-refractivity contribution in [3.05, 3.63) is 41.5 Å². The second-order valence-corrected chi connectivity index (χ2v) is 12.8. The van der Waals surface area contributed by atoms with E-state index in [1.807, 2.05) is 0 Å². The van der Waals surface area contributed by atoms with Crippen LogP contribution in [-0.4, -0.2) is 78.5 Å². The number of methoxy groups -OCH3 is 1. The highest BCUT2D eigenvalue weighted by Gasteiger charge is 2.46. The van der Waals surface area contributed by atoms with E-state index in [0.29, 0.717) is 25.2 Å². The Hall–Kier alpha value is -2.06. The maximum Gasteiger partial charge on any atom is 0.302 e. The van der Waals surface area contributed by atoms with E-state index >= 15 is 0 Å². The van der Waals surface area contributed by atoms with Gasteiger partial charge in [-0.2, -0.15) is 17.7 Å². The van der Waals surface area contributed by atoms with E-state index in [1.54, 1.807) is 0 Å². The molecule has 0 amide bonds. The molecule has 0 aliphatic carbocycles. The fourth-order valence-electron chi connectivity index (χ4n) is 6.21. The van der Waals surface area contributed by atoms with Crippen molar-refractivity contribution in [3.8, 4) is 5.88 Å². The summed E-state index contributed by atoms with van der Waals surface area (Å²) in [6.07, 6.45) is 4.68. The molecular weight excluding hydrogens is 558 g/mol. The molecule has 2 fully saturated rings. The van der Waals surface area contributed by atoms with Crippen LogP contribution in [-0.2, 0) is 16.0 Å². The van der Waals surface area contributed by atoms with Gasteiger partial charge in [0.05, 0.1) is 7.11 Å². The molecule has 0 saturated carbocycles. The minimum atomic E-state index is -3.88. The van der Waals surface area contributed by atoms with Gasteiger partial charge in [-0.3, -0.25) is 9.62 Å². The topological polar surface area (TPSA) is 99.7 Å². The zero-order chi connectivity index (χ0) is 28.9. The average molecular weight is 599 g/mol. The van der Waals surface area contributed by atoms with Gasteiger partial charge in [0.15, 0.2) is 16.8 Å². The summed E-state index contributed by atoms with van der Waals surface area (Å²) < 4.78 is 63.6. The third kappa shape index (κ3) is 6.53. The third-order valence-corrected chi connectivity index (χ3v) is 10.7. The van der Waals surface area contributed by atoms with Gasteiger partial charge in [0.2, 0.25) is 5.88 Å². The molecule has 222 valence electrons. The molecule has 0 bridgehead atoms. The van der Waals surface area contributed by atoms with Gasteiger partial charge in [0.25, 0.3) is 0 Å². The van der Waals surface area contributed by atoms with Crippen molar-refractivity contribution in [1.82, 2.24) is 24.5 Å². The maximum absolute atomic E-state index is 14.1. The predicted octanol–water partition coefficient (Wildman–Crippen LogP) is 4.42. The largest absolute Gasteiger partial charge is 0.481 e. The van der Waals surface area contributed by atoms with Gasteiger partial charge in [-0.25, -0.2) is 13.8 Å². The van der Waals surface area contributed by atoms with Crippen LogP contribution >= 0.6 is 11.8 Å². The van der Waals surface area contributed by atoms with Gasteiger partial charge in [0, 0.05) is 61.2 Å². The summed E-state index contributed by atoms with van der Waals surface area (Å²) in [4.78, 5) is 11.2. The molecule has 1 unspecified atom stereocenters. The van der Waals surface area contributed by atoms with Crippen LogP contribution in [0.1, 0.15) is 58.4 Å². The lowest BCUT2D eigenvalue weighted by atomic mass is 9.78. The molecule has 3 heterocycles. The van der Waals surface area contributed by atoms with Crippen molar-refractivity contribution in [2.45, 2.75) is 81.4 Å². The van der Waals surface area contributed by atoms with Crippen LogP contribution < -0.4 is 14.8 Å². The Labute approximate surface area is 240 Å². The number of piperidine rings is 1. The molecule has 2 saturated heterocycles. The molecule has 2 aliphatic rings. The van der Waals surface area contributed by atoms with Crippen molar-refractivity contribution in [3.63, 3.8) is 0 Å². The van der Waals surface area contributed by atoms with E-state index in [-0.39, 0.29) is 33.7 Å². The van der Waals surface area contributed by atoms with Gasteiger partial charge in [-0.05, 0) is 38.2 Å². The quantitative estimate of drug-likeness (QED) is 0.290. The molecule has 0 radical (unpaired) electrons. The number of rotatable bonds is 11. The summed E-state index contributed by atoms with van der Waals surface area (Å²) in [6.45, 7) is 9.48. The van der Waals surface area contributed by atoms with E-state index in [1.165, 1.54) is 29.6 Å². The fourth-order valence-corrected chi connectivity index (χ4v) is 8.22. The fraction of sp³-hybridized carbons (Fsp3) is 0.630. The number of aromatic nitrogens is 2. The number of piperazine rings is 1. The van der Waals surface area contributed by atoms with Crippen LogP contribution in [0.5, 0.6) is 5.88 Å². The minimum absolute atomic E-state index is 0.0556. The summed E-state index contributed by atoms with van der Waals surface area (Å²) in [6, 6.07) is 6.12. The lowest BCUT2D eigenvalue weighted by molar-refractivity contribution is -0.0349. The number of anilines is 1. The summed E-state index contributed by atoms with van der Waals surface area (Å²) in [5.74, 6) is -1.57. The van der Waals surface area contributed by atoms with E-state index in [0.717, 1.165) is 63.0 Å². The van der Waals surface area contributed by atoms with Crippen molar-refractivity contribution in [2.24, 2.45) is 0 Å². The highest BCUT2D eigenvalue weighted by Crippen LogP contribution is 2.36. The van der Waals surface area contributed by atoms with E-state index < -0.39 is 21.8 Å². The minimum Gasteiger partial charge on any atom is -0.481 e. The lowest BCUT2D eigenvalue weighted by Gasteiger charge is -2.56. The van der Waals surface area contributed by atoms with Crippen LogP contribution in [0, 0.1) is 11.6 Å². The zero-order valence-corrected chi connectivity index (χ0v) is 25.3. The number of benzene rings is 1. The molecule has 2 aromatic rings. The van der Waals surface area contributed by atoms with Gasteiger partial charge in [-0.1, -0.05) is 44.7 Å². The maximum atomic E-state index is 14.1. The molecule has 9 nitrogen and oxygen atoms in total. The van der Waals surface area contributed by atoms with Gasteiger partial charge in [0.1, 0.15) is 5.82 Å². The van der Waals surface area contributed by atoms with Crippen molar-refractivity contribution < 1.29 is 21.9 Å². The summed E-state index contributed by atoms with van der Waals surface area (Å²) in [7, 11) is -2.46. The molecule has 2 N–H and O–H groups in total. The lowest BCUT2D eigenvalue weighted by Crippen LogP contribution is -2.69. The Morgan fingerprint density at radius 3 is 2.52 bits per heavy atom. The Kier molecular flexibility index (Phi) is 10.3. The number of halogens is 2. The predicted molar refractivity (Wildman–Crippen MR) is 154 cm³/mol. The molecule has 13 heteroatoms. The first-order chi connectivity index (χ1) is 19.2. The van der Waals surface area contributed by atoms with Gasteiger partial charge in [-0.15, -0.1) is 0 Å². The smallest absolute Gasteiger partial charge is 0.302 e. The van der Waals surface area contributed by atoms with Crippen LogP contribution in [0.2, 0.25) is 0 Å². The number of hydrogen-bond donors (Lipinski definition) is 2. The monoisotopic (exact) mass is 598 g/mol. The van der Waals surface area contributed by atoms with E-state index in [2.05, 4.69) is 45.7 Å². The van der Waals surface area contributed by atoms with Crippen molar-refractivity contribution >= 4 is 27.8 Å². The Morgan fingerprint density at radius 1 is 1.15 bits per heavy atom. The SMILES string of the molecule is CCC1NCCN(C2CCN(S(=O)(=O)Nc3cc(OC)nc(SCc4cccc(F)c4F)n3)CC2)C1(CC)CC. The first-order valence-corrected chi connectivity index (χ1v) is 16.4. The van der Waals surface area contributed by atoms with E-state index in [4.69, 9.17) is 4.74 Å². The van der Waals surface area contributed by atoms with Crippen molar-refractivity contribution in [1.29, 1.82) is 0 Å². The number of nitrogens with zero attached hydrogens (tertiary/aromatic N) is 4. The second-order valence-electron chi connectivity index (χ2n) is 10.2. The molecule has 1 atom stereocenters. The molecule has 40 heavy (non-hydrogen) atoms. The summed E-state index contributed by atoms with van der Waals surface area (Å²) >= 11 is 1.06. The normalized spacial score (nSPS) is 20.9. The summed E-state index contributed by atoms with van der Waals surface area (Å²) in [5.41, 5.74) is 0.239. The number of hydrogen-bond acceptors (Lipinski definition) is 8. The second kappa shape index (κ2) is 13.3. The Bertz CT molecular complexity index is 1260. The third-order valence-electron chi connectivity index (χ3n) is 8.31. The number of thioether (sulfide) groups is 1. The van der Waals surface area contributed by atoms with Crippen LogP contribution in [0.25, 0.3) is 0 Å². The molecule has 4 rings (SSSR count). The molecule has 0 spiro atoms. The average Bonchev–Trinajstić information content (AvgIpc) is 2.97.